The third-order valence-electron chi connectivity index (χ3n) is 4.60. The van der Waals surface area contributed by atoms with Gasteiger partial charge in [-0.1, -0.05) is 0 Å². The predicted molar refractivity (Wildman–Crippen MR) is 85.1 cm³/mol. The van der Waals surface area contributed by atoms with Gasteiger partial charge in [-0.3, -0.25) is 4.90 Å². The molecular formula is C16H23F2N3O2. The van der Waals surface area contributed by atoms with Gasteiger partial charge in [-0.05, 0) is 25.0 Å². The van der Waals surface area contributed by atoms with Crippen LogP contribution in [0.4, 0.5) is 20.2 Å². The summed E-state index contributed by atoms with van der Waals surface area (Å²) in [6.07, 6.45) is 2.13. The Morgan fingerprint density at radius 1 is 1.13 bits per heavy atom. The minimum Gasteiger partial charge on any atom is -0.433 e. The third kappa shape index (κ3) is 4.03. The minimum absolute atomic E-state index is 0.0489. The molecule has 2 aliphatic rings. The fourth-order valence-electron chi connectivity index (χ4n) is 3.35. The van der Waals surface area contributed by atoms with Gasteiger partial charge in [-0.25, -0.2) is 0 Å². The molecule has 2 N–H and O–H groups in total. The van der Waals surface area contributed by atoms with E-state index in [1.54, 1.807) is 12.1 Å². The van der Waals surface area contributed by atoms with Crippen molar-refractivity contribution >= 4 is 11.4 Å². The van der Waals surface area contributed by atoms with Gasteiger partial charge in [-0.15, -0.1) is 0 Å². The molecule has 0 aromatic heterocycles. The third-order valence-corrected chi connectivity index (χ3v) is 4.60. The highest BCUT2D eigenvalue weighted by Crippen LogP contribution is 2.31. The van der Waals surface area contributed by atoms with E-state index in [0.29, 0.717) is 6.04 Å². The Labute approximate surface area is 134 Å². The maximum Gasteiger partial charge on any atom is 0.387 e. The summed E-state index contributed by atoms with van der Waals surface area (Å²) in [6, 6.07) is 5.68. The van der Waals surface area contributed by atoms with E-state index in [0.717, 1.165) is 57.9 Å². The molecule has 7 heteroatoms. The Hall–Kier alpha value is -1.60. The van der Waals surface area contributed by atoms with E-state index >= 15 is 0 Å². The monoisotopic (exact) mass is 327 g/mol. The molecule has 128 valence electrons. The number of piperidine rings is 1. The van der Waals surface area contributed by atoms with Crippen molar-refractivity contribution in [1.29, 1.82) is 0 Å². The van der Waals surface area contributed by atoms with Crippen LogP contribution in [0.5, 0.6) is 5.75 Å². The largest absolute Gasteiger partial charge is 0.433 e. The van der Waals surface area contributed by atoms with E-state index < -0.39 is 6.61 Å². The second-order valence-electron chi connectivity index (χ2n) is 5.97. The number of benzene rings is 1. The van der Waals surface area contributed by atoms with E-state index in [9.17, 15) is 8.78 Å². The summed E-state index contributed by atoms with van der Waals surface area (Å²) in [6.45, 7) is 2.57. The highest BCUT2D eigenvalue weighted by atomic mass is 19.3. The summed E-state index contributed by atoms with van der Waals surface area (Å²) in [5.41, 5.74) is 6.81. The fourth-order valence-corrected chi connectivity index (χ4v) is 3.35. The lowest BCUT2D eigenvalue weighted by atomic mass is 10.0. The van der Waals surface area contributed by atoms with Gasteiger partial charge in [-0.2, -0.15) is 8.78 Å². The quantitative estimate of drug-likeness (QED) is 0.859. The molecular weight excluding hydrogens is 304 g/mol. The molecule has 1 aromatic carbocycles. The van der Waals surface area contributed by atoms with Crippen molar-refractivity contribution in [1.82, 2.24) is 4.90 Å². The number of hydrogen-bond acceptors (Lipinski definition) is 5. The maximum absolute atomic E-state index is 12.4. The van der Waals surface area contributed by atoms with Crippen LogP contribution in [0.2, 0.25) is 0 Å². The average molecular weight is 327 g/mol. The number of hydrogen-bond donors (Lipinski definition) is 1. The summed E-state index contributed by atoms with van der Waals surface area (Å²) >= 11 is 0. The number of ether oxygens (including phenoxy) is 2. The molecule has 5 nitrogen and oxygen atoms in total. The summed E-state index contributed by atoms with van der Waals surface area (Å²) in [7, 11) is 0. The lowest BCUT2D eigenvalue weighted by Gasteiger charge is -2.40. The van der Waals surface area contributed by atoms with Crippen molar-refractivity contribution in [3.8, 4) is 5.75 Å². The van der Waals surface area contributed by atoms with Crippen molar-refractivity contribution in [2.45, 2.75) is 25.5 Å². The number of nitrogens with two attached hydrogens (primary N) is 1. The molecule has 0 spiro atoms. The van der Waals surface area contributed by atoms with Crippen LogP contribution in [-0.2, 0) is 4.74 Å². The molecule has 2 saturated heterocycles. The van der Waals surface area contributed by atoms with Gasteiger partial charge in [0.2, 0.25) is 0 Å². The molecule has 0 amide bonds. The van der Waals surface area contributed by atoms with Crippen LogP contribution in [-0.4, -0.2) is 56.9 Å². The Kier molecular flexibility index (Phi) is 5.17. The number of morpholine rings is 1. The van der Waals surface area contributed by atoms with Gasteiger partial charge >= 0.3 is 6.61 Å². The first-order valence-corrected chi connectivity index (χ1v) is 8.04. The zero-order valence-corrected chi connectivity index (χ0v) is 13.1. The van der Waals surface area contributed by atoms with Gasteiger partial charge in [0, 0.05) is 44.0 Å². The fraction of sp³-hybridized carbons (Fsp3) is 0.625. The first kappa shape index (κ1) is 16.3. The first-order chi connectivity index (χ1) is 11.1. The minimum atomic E-state index is -2.86. The average Bonchev–Trinajstić information content (AvgIpc) is 2.57. The number of nitrogens with zero attached hydrogens (tertiary/aromatic N) is 2. The van der Waals surface area contributed by atoms with Crippen LogP contribution in [0.15, 0.2) is 18.2 Å². The molecule has 0 aliphatic carbocycles. The molecule has 0 atom stereocenters. The summed E-state index contributed by atoms with van der Waals surface area (Å²) in [4.78, 5) is 4.70. The molecule has 0 bridgehead atoms. The van der Waals surface area contributed by atoms with Crippen molar-refractivity contribution in [3.05, 3.63) is 18.2 Å². The topological polar surface area (TPSA) is 51.0 Å². The lowest BCUT2D eigenvalue weighted by Crippen LogP contribution is -2.49. The van der Waals surface area contributed by atoms with Crippen LogP contribution in [0, 0.1) is 0 Å². The van der Waals surface area contributed by atoms with Gasteiger partial charge in [0.25, 0.3) is 0 Å². The SMILES string of the molecule is Nc1ccc(N2CCC(N3CCOCC3)CC2)cc1OC(F)F. The standard InChI is InChI=1S/C16H23F2N3O2/c17-16(18)23-15-11-13(1-2-14(15)19)20-5-3-12(4-6-20)21-7-9-22-10-8-21/h1-2,11-12,16H,3-10,19H2. The van der Waals surface area contributed by atoms with Crippen molar-refractivity contribution in [2.75, 3.05) is 50.0 Å². The van der Waals surface area contributed by atoms with Crippen LogP contribution in [0.1, 0.15) is 12.8 Å². The molecule has 2 fully saturated rings. The highest BCUT2D eigenvalue weighted by molar-refractivity contribution is 5.62. The Bertz CT molecular complexity index is 516. The molecule has 0 radical (unpaired) electrons. The van der Waals surface area contributed by atoms with E-state index in [1.165, 1.54) is 0 Å². The molecule has 2 aliphatic heterocycles. The lowest BCUT2D eigenvalue weighted by molar-refractivity contribution is -0.0493. The zero-order chi connectivity index (χ0) is 16.2. The number of alkyl halides is 2. The number of rotatable bonds is 4. The molecule has 1 aromatic rings. The molecule has 3 rings (SSSR count). The van der Waals surface area contributed by atoms with Crippen molar-refractivity contribution < 1.29 is 18.3 Å². The molecule has 0 unspecified atom stereocenters. The maximum atomic E-state index is 12.4. The second kappa shape index (κ2) is 7.31. The van der Waals surface area contributed by atoms with Crippen LogP contribution < -0.4 is 15.4 Å². The molecule has 23 heavy (non-hydrogen) atoms. The first-order valence-electron chi connectivity index (χ1n) is 8.04. The van der Waals surface area contributed by atoms with E-state index in [-0.39, 0.29) is 11.4 Å². The Morgan fingerprint density at radius 2 is 1.83 bits per heavy atom. The van der Waals surface area contributed by atoms with E-state index in [1.807, 2.05) is 6.07 Å². The second-order valence-corrected chi connectivity index (χ2v) is 5.97. The van der Waals surface area contributed by atoms with Gasteiger partial charge in [0.05, 0.1) is 18.9 Å². The summed E-state index contributed by atoms with van der Waals surface area (Å²) in [5.74, 6) is 0.0489. The van der Waals surface area contributed by atoms with Gasteiger partial charge in [0.15, 0.2) is 5.75 Å². The predicted octanol–water partition coefficient (Wildman–Crippen LogP) is 2.17. The van der Waals surface area contributed by atoms with E-state index in [4.69, 9.17) is 10.5 Å². The van der Waals surface area contributed by atoms with Crippen molar-refractivity contribution in [3.63, 3.8) is 0 Å². The number of nitrogen functional groups attached to an aromatic ring is 1. The highest BCUT2D eigenvalue weighted by Gasteiger charge is 2.26. The Balaban J connectivity index is 1.60. The van der Waals surface area contributed by atoms with Crippen LogP contribution in [0.3, 0.4) is 0 Å². The summed E-state index contributed by atoms with van der Waals surface area (Å²) in [5, 5.41) is 0. The van der Waals surface area contributed by atoms with Gasteiger partial charge in [0.1, 0.15) is 0 Å². The van der Waals surface area contributed by atoms with Gasteiger partial charge < -0.3 is 20.1 Å². The Morgan fingerprint density at radius 3 is 2.48 bits per heavy atom. The molecule has 0 saturated carbocycles. The number of anilines is 2. The smallest absolute Gasteiger partial charge is 0.387 e. The summed E-state index contributed by atoms with van der Waals surface area (Å²) < 4.78 is 34.7. The normalized spacial score (nSPS) is 20.9. The zero-order valence-electron chi connectivity index (χ0n) is 13.1. The van der Waals surface area contributed by atoms with Crippen LogP contribution >= 0.6 is 0 Å². The van der Waals surface area contributed by atoms with Crippen molar-refractivity contribution in [2.24, 2.45) is 0 Å². The number of halogens is 2. The van der Waals surface area contributed by atoms with Crippen LogP contribution in [0.25, 0.3) is 0 Å². The van der Waals surface area contributed by atoms with E-state index in [2.05, 4.69) is 14.5 Å². The molecule has 2 heterocycles.